The first-order valence-corrected chi connectivity index (χ1v) is 10.9. The lowest BCUT2D eigenvalue weighted by Crippen LogP contribution is -2.39. The molecular weight excluding hydrogens is 388 g/mol. The van der Waals surface area contributed by atoms with Crippen molar-refractivity contribution in [3.63, 3.8) is 0 Å². The number of likely N-dealkylation sites (tertiary alicyclic amines) is 1. The van der Waals surface area contributed by atoms with Gasteiger partial charge in [-0.2, -0.15) is 0 Å². The molecule has 1 fully saturated rings. The Labute approximate surface area is 175 Å². The van der Waals surface area contributed by atoms with Gasteiger partial charge in [-0.15, -0.1) is 11.3 Å². The van der Waals surface area contributed by atoms with Gasteiger partial charge >= 0.3 is 5.97 Å². The Morgan fingerprint density at radius 3 is 2.55 bits per heavy atom. The zero-order valence-corrected chi connectivity index (χ0v) is 17.8. The quantitative estimate of drug-likeness (QED) is 0.675. The van der Waals surface area contributed by atoms with Gasteiger partial charge in [0, 0.05) is 17.6 Å². The van der Waals surface area contributed by atoms with Crippen LogP contribution in [0.15, 0.2) is 29.6 Å². The van der Waals surface area contributed by atoms with E-state index < -0.39 is 5.97 Å². The van der Waals surface area contributed by atoms with E-state index in [-0.39, 0.29) is 25.7 Å². The second-order valence-electron chi connectivity index (χ2n) is 7.39. The Kier molecular flexibility index (Phi) is 7.41. The molecule has 1 saturated heterocycles. The minimum atomic E-state index is -0.427. The number of hydrogen-bond donors (Lipinski definition) is 2. The highest BCUT2D eigenvalue weighted by atomic mass is 32.1. The molecule has 29 heavy (non-hydrogen) atoms. The Hall–Kier alpha value is -2.22. The molecule has 6 nitrogen and oxygen atoms in total. The molecule has 1 aliphatic heterocycles. The van der Waals surface area contributed by atoms with E-state index in [0.29, 0.717) is 16.5 Å². The van der Waals surface area contributed by atoms with Gasteiger partial charge in [0.05, 0.1) is 13.2 Å². The van der Waals surface area contributed by atoms with Crippen molar-refractivity contribution in [2.24, 2.45) is 5.92 Å². The first-order chi connectivity index (χ1) is 14.0. The van der Waals surface area contributed by atoms with Crippen LogP contribution in [0.1, 0.15) is 35.7 Å². The van der Waals surface area contributed by atoms with Crippen molar-refractivity contribution in [2.75, 3.05) is 38.2 Å². The van der Waals surface area contributed by atoms with Gasteiger partial charge in [-0.05, 0) is 51.3 Å². The number of amides is 1. The highest BCUT2D eigenvalue weighted by Crippen LogP contribution is 2.36. The second-order valence-corrected chi connectivity index (χ2v) is 8.27. The molecule has 1 aromatic carbocycles. The fourth-order valence-electron chi connectivity index (χ4n) is 3.50. The molecule has 1 aromatic heterocycles. The normalized spacial score (nSPS) is 15.3. The van der Waals surface area contributed by atoms with E-state index in [1.807, 2.05) is 36.6 Å². The lowest BCUT2D eigenvalue weighted by molar-refractivity contribution is -0.117. The first-order valence-electron chi connectivity index (χ1n) is 10.0. The number of carbonyl (C=O) groups is 2. The fourth-order valence-corrected chi connectivity index (χ4v) is 4.47. The number of thiophene rings is 1. The number of rotatable bonds is 7. The number of hydrogen-bond acceptors (Lipinski definition) is 6. The summed E-state index contributed by atoms with van der Waals surface area (Å²) in [6.07, 6.45) is 1.79. The van der Waals surface area contributed by atoms with Crippen molar-refractivity contribution < 1.29 is 19.4 Å². The van der Waals surface area contributed by atoms with E-state index in [9.17, 15) is 14.7 Å². The van der Waals surface area contributed by atoms with Crippen LogP contribution < -0.4 is 5.32 Å². The Morgan fingerprint density at radius 2 is 1.93 bits per heavy atom. The number of nitrogens with one attached hydrogen (secondary N) is 1. The van der Waals surface area contributed by atoms with Crippen LogP contribution in [0.3, 0.4) is 0 Å². The van der Waals surface area contributed by atoms with Crippen molar-refractivity contribution in [1.82, 2.24) is 4.90 Å². The van der Waals surface area contributed by atoms with E-state index in [0.717, 1.165) is 42.6 Å². The summed E-state index contributed by atoms with van der Waals surface area (Å²) in [6, 6.07) is 7.93. The van der Waals surface area contributed by atoms with Crippen molar-refractivity contribution in [3.05, 3.63) is 40.8 Å². The van der Waals surface area contributed by atoms with Gasteiger partial charge in [0.25, 0.3) is 0 Å². The lowest BCUT2D eigenvalue weighted by Gasteiger charge is -2.30. The predicted octanol–water partition coefficient (Wildman–Crippen LogP) is 3.54. The van der Waals surface area contributed by atoms with Crippen LogP contribution in [0.4, 0.5) is 5.00 Å². The number of aliphatic hydroxyl groups excluding tert-OH is 1. The molecular formula is C22H28N2O4S. The van der Waals surface area contributed by atoms with Gasteiger partial charge in [-0.3, -0.25) is 9.69 Å². The Balaban J connectivity index is 1.75. The zero-order valence-electron chi connectivity index (χ0n) is 16.9. The summed E-state index contributed by atoms with van der Waals surface area (Å²) in [5.74, 6) is -0.238. The summed E-state index contributed by atoms with van der Waals surface area (Å²) < 4.78 is 5.25. The first kappa shape index (κ1) is 21.5. The summed E-state index contributed by atoms with van der Waals surface area (Å²) in [7, 11) is 0. The molecule has 156 valence electrons. The highest BCUT2D eigenvalue weighted by Gasteiger charge is 2.24. The van der Waals surface area contributed by atoms with Gasteiger partial charge in [-0.1, -0.05) is 29.8 Å². The maximum atomic E-state index is 12.6. The number of piperidine rings is 1. The molecule has 2 heterocycles. The maximum Gasteiger partial charge on any atom is 0.341 e. The molecule has 0 saturated carbocycles. The van der Waals surface area contributed by atoms with Gasteiger partial charge < -0.3 is 15.2 Å². The molecule has 0 atom stereocenters. The molecule has 2 aromatic rings. The number of nitrogens with zero attached hydrogens (tertiary/aromatic N) is 1. The van der Waals surface area contributed by atoms with Crippen LogP contribution in [-0.4, -0.2) is 54.7 Å². The topological polar surface area (TPSA) is 78.9 Å². The van der Waals surface area contributed by atoms with E-state index in [4.69, 9.17) is 4.74 Å². The van der Waals surface area contributed by atoms with Crippen LogP contribution in [0.25, 0.3) is 11.1 Å². The molecule has 0 unspecified atom stereocenters. The number of benzene rings is 1. The third-order valence-electron chi connectivity index (χ3n) is 5.22. The van der Waals surface area contributed by atoms with Crippen molar-refractivity contribution in [1.29, 1.82) is 0 Å². The molecule has 0 spiro atoms. The fraction of sp³-hybridized carbons (Fsp3) is 0.455. The zero-order chi connectivity index (χ0) is 20.8. The molecule has 0 bridgehead atoms. The van der Waals surface area contributed by atoms with Crippen LogP contribution in [0.2, 0.25) is 0 Å². The average Bonchev–Trinajstić information content (AvgIpc) is 3.12. The van der Waals surface area contributed by atoms with E-state index in [1.165, 1.54) is 11.3 Å². The minimum Gasteiger partial charge on any atom is -0.462 e. The van der Waals surface area contributed by atoms with Gasteiger partial charge in [0.2, 0.25) is 5.91 Å². The van der Waals surface area contributed by atoms with Crippen LogP contribution in [-0.2, 0) is 9.53 Å². The predicted molar refractivity (Wildman–Crippen MR) is 115 cm³/mol. The summed E-state index contributed by atoms with van der Waals surface area (Å²) in [6.45, 7) is 6.13. The number of aryl methyl sites for hydroxylation is 1. The van der Waals surface area contributed by atoms with Gasteiger partial charge in [0.1, 0.15) is 10.6 Å². The minimum absolute atomic E-state index is 0.143. The molecule has 2 N–H and O–H groups in total. The SMILES string of the molecule is CCOC(=O)c1c(-c2ccc(C)cc2)csc1NC(=O)CN1CCC(CO)CC1. The number of aliphatic hydroxyl groups is 1. The third-order valence-corrected chi connectivity index (χ3v) is 6.11. The monoisotopic (exact) mass is 416 g/mol. The van der Waals surface area contributed by atoms with Crippen molar-refractivity contribution in [3.8, 4) is 11.1 Å². The van der Waals surface area contributed by atoms with E-state index in [2.05, 4.69) is 10.2 Å². The Bertz CT molecular complexity index is 839. The second kappa shape index (κ2) is 10.0. The van der Waals surface area contributed by atoms with Crippen LogP contribution in [0, 0.1) is 12.8 Å². The standard InChI is InChI=1S/C22H28N2O4S/c1-3-28-22(27)20-18(17-6-4-15(2)5-7-17)14-29-21(20)23-19(26)12-24-10-8-16(13-25)9-11-24/h4-7,14,16,25H,3,8-13H2,1-2H3,(H,23,26). The van der Waals surface area contributed by atoms with E-state index >= 15 is 0 Å². The highest BCUT2D eigenvalue weighted by molar-refractivity contribution is 7.15. The summed E-state index contributed by atoms with van der Waals surface area (Å²) >= 11 is 1.34. The van der Waals surface area contributed by atoms with E-state index in [1.54, 1.807) is 6.92 Å². The summed E-state index contributed by atoms with van der Waals surface area (Å²) in [5.41, 5.74) is 3.24. The molecule has 1 aliphatic rings. The molecule has 7 heteroatoms. The molecule has 3 rings (SSSR count). The third kappa shape index (κ3) is 5.44. The Morgan fingerprint density at radius 1 is 1.24 bits per heavy atom. The molecule has 1 amide bonds. The summed E-state index contributed by atoms with van der Waals surface area (Å²) in [5, 5.41) is 14.6. The maximum absolute atomic E-state index is 12.6. The number of ether oxygens (including phenoxy) is 1. The molecule has 0 aliphatic carbocycles. The van der Waals surface area contributed by atoms with Crippen LogP contribution >= 0.6 is 11.3 Å². The molecule has 0 radical (unpaired) electrons. The van der Waals surface area contributed by atoms with Gasteiger partial charge in [-0.25, -0.2) is 4.79 Å². The lowest BCUT2D eigenvalue weighted by atomic mass is 9.98. The van der Waals surface area contributed by atoms with Crippen LogP contribution in [0.5, 0.6) is 0 Å². The summed E-state index contributed by atoms with van der Waals surface area (Å²) in [4.78, 5) is 27.3. The number of carbonyl (C=O) groups excluding carboxylic acids is 2. The van der Waals surface area contributed by atoms with Gasteiger partial charge in [0.15, 0.2) is 0 Å². The number of anilines is 1. The average molecular weight is 417 g/mol. The largest absolute Gasteiger partial charge is 0.462 e. The van der Waals surface area contributed by atoms with Crippen molar-refractivity contribution >= 4 is 28.2 Å². The smallest absolute Gasteiger partial charge is 0.341 e. The number of esters is 1. The van der Waals surface area contributed by atoms with Crippen molar-refractivity contribution in [2.45, 2.75) is 26.7 Å².